The van der Waals surface area contributed by atoms with E-state index in [1.54, 1.807) is 0 Å². The van der Waals surface area contributed by atoms with Crippen LogP contribution in [0, 0.1) is 5.92 Å². The lowest BCUT2D eigenvalue weighted by atomic mass is 9.57. The van der Waals surface area contributed by atoms with Crippen molar-refractivity contribution < 1.29 is 0 Å². The highest BCUT2D eigenvalue weighted by Crippen LogP contribution is 2.48. The molecule has 0 amide bonds. The maximum atomic E-state index is 6.02. The highest BCUT2D eigenvalue weighted by Gasteiger charge is 2.44. The second kappa shape index (κ2) is 4.13. The summed E-state index contributed by atoms with van der Waals surface area (Å²) >= 11 is 0. The Balaban J connectivity index is 2.29. The molecule has 2 atom stereocenters. The molecule has 1 saturated carbocycles. The van der Waals surface area contributed by atoms with Crippen molar-refractivity contribution in [3.63, 3.8) is 0 Å². The lowest BCUT2D eigenvalue weighted by Crippen LogP contribution is -2.48. The first-order valence-corrected chi connectivity index (χ1v) is 6.71. The quantitative estimate of drug-likeness (QED) is 0.826. The zero-order valence-corrected chi connectivity index (χ0v) is 11.6. The summed E-state index contributed by atoms with van der Waals surface area (Å²) in [7, 11) is 0. The number of nitrogens with two attached hydrogens (primary N) is 1. The Kier molecular flexibility index (Phi) is 3.07. The molecule has 1 aromatic rings. The molecule has 0 aromatic heterocycles. The van der Waals surface area contributed by atoms with Gasteiger partial charge < -0.3 is 5.73 Å². The molecule has 0 saturated heterocycles. The number of rotatable bonds is 2. The van der Waals surface area contributed by atoms with Crippen molar-refractivity contribution in [2.75, 3.05) is 6.54 Å². The van der Waals surface area contributed by atoms with Crippen molar-refractivity contribution >= 4 is 0 Å². The van der Waals surface area contributed by atoms with Crippen LogP contribution in [-0.4, -0.2) is 6.54 Å². The Hall–Kier alpha value is -0.820. The normalized spacial score (nSPS) is 28.9. The van der Waals surface area contributed by atoms with Gasteiger partial charge in [0.15, 0.2) is 0 Å². The predicted molar refractivity (Wildman–Crippen MR) is 74.3 cm³/mol. The molecule has 1 aliphatic carbocycles. The maximum Gasteiger partial charge on any atom is 0.0101 e. The first kappa shape index (κ1) is 12.6. The molecule has 1 aromatic carbocycles. The van der Waals surface area contributed by atoms with Gasteiger partial charge in [-0.15, -0.1) is 0 Å². The molecule has 17 heavy (non-hydrogen) atoms. The third kappa shape index (κ3) is 2.01. The van der Waals surface area contributed by atoms with Gasteiger partial charge in [0.2, 0.25) is 0 Å². The zero-order chi connectivity index (χ0) is 12.7. The van der Waals surface area contributed by atoms with Gasteiger partial charge in [-0.25, -0.2) is 0 Å². The summed E-state index contributed by atoms with van der Waals surface area (Å²) in [5.41, 5.74) is 9.35. The molecule has 2 N–H and O–H groups in total. The second-order valence-electron chi connectivity index (χ2n) is 6.63. The lowest BCUT2D eigenvalue weighted by molar-refractivity contribution is 0.146. The molecule has 0 bridgehead atoms. The van der Waals surface area contributed by atoms with Gasteiger partial charge in [0.05, 0.1) is 0 Å². The predicted octanol–water partition coefficient (Wildman–Crippen LogP) is 3.61. The molecule has 94 valence electrons. The van der Waals surface area contributed by atoms with Crippen LogP contribution >= 0.6 is 0 Å². The first-order valence-electron chi connectivity index (χ1n) is 6.71. The monoisotopic (exact) mass is 231 g/mol. The van der Waals surface area contributed by atoms with E-state index in [4.69, 9.17) is 5.73 Å². The molecule has 1 nitrogen and oxygen atoms in total. The lowest BCUT2D eigenvalue weighted by Gasteiger charge is -2.48. The summed E-state index contributed by atoms with van der Waals surface area (Å²) in [6.45, 7) is 9.88. The highest BCUT2D eigenvalue weighted by molar-refractivity contribution is 5.35. The minimum Gasteiger partial charge on any atom is -0.330 e. The van der Waals surface area contributed by atoms with E-state index in [2.05, 4.69) is 52.0 Å². The van der Waals surface area contributed by atoms with Gasteiger partial charge in [0.1, 0.15) is 0 Å². The van der Waals surface area contributed by atoms with E-state index in [0.29, 0.717) is 0 Å². The fourth-order valence-electron chi connectivity index (χ4n) is 2.93. The van der Waals surface area contributed by atoms with Gasteiger partial charge in [-0.1, -0.05) is 52.0 Å². The van der Waals surface area contributed by atoms with Gasteiger partial charge in [-0.2, -0.15) is 0 Å². The first-order chi connectivity index (χ1) is 7.90. The van der Waals surface area contributed by atoms with Crippen molar-refractivity contribution in [1.82, 2.24) is 0 Å². The summed E-state index contributed by atoms with van der Waals surface area (Å²) in [5.74, 6) is 0.730. The van der Waals surface area contributed by atoms with Crippen LogP contribution in [0.2, 0.25) is 0 Å². The van der Waals surface area contributed by atoms with Crippen molar-refractivity contribution in [3.8, 4) is 0 Å². The van der Waals surface area contributed by atoms with Crippen LogP contribution in [0.3, 0.4) is 0 Å². The summed E-state index contributed by atoms with van der Waals surface area (Å²) in [4.78, 5) is 0. The number of benzene rings is 1. The summed E-state index contributed by atoms with van der Waals surface area (Å²) in [6, 6.07) is 9.14. The summed E-state index contributed by atoms with van der Waals surface area (Å²) < 4.78 is 0. The molecule has 0 spiro atoms. The standard InChI is InChI=1S/C16H25N/c1-12-9-10-16(12,11-17)14-7-5-13(6-8-14)15(2,3)4/h5-8,12H,9-11,17H2,1-4H3. The number of hydrogen-bond acceptors (Lipinski definition) is 1. The van der Waals surface area contributed by atoms with Crippen LogP contribution in [0.4, 0.5) is 0 Å². The van der Waals surface area contributed by atoms with E-state index < -0.39 is 0 Å². The average Bonchev–Trinajstić information content (AvgIpc) is 2.28. The van der Waals surface area contributed by atoms with Crippen molar-refractivity contribution in [3.05, 3.63) is 35.4 Å². The van der Waals surface area contributed by atoms with E-state index in [0.717, 1.165) is 12.5 Å². The molecule has 1 fully saturated rings. The fraction of sp³-hybridized carbons (Fsp3) is 0.625. The Morgan fingerprint density at radius 2 is 1.82 bits per heavy atom. The molecule has 0 radical (unpaired) electrons. The van der Waals surface area contributed by atoms with Crippen LogP contribution in [-0.2, 0) is 10.8 Å². The molecular formula is C16H25N. The number of hydrogen-bond donors (Lipinski definition) is 1. The molecule has 2 rings (SSSR count). The Morgan fingerprint density at radius 3 is 2.12 bits per heavy atom. The topological polar surface area (TPSA) is 26.0 Å². The summed E-state index contributed by atoms with van der Waals surface area (Å²) in [6.07, 6.45) is 2.57. The van der Waals surface area contributed by atoms with Gasteiger partial charge in [0.25, 0.3) is 0 Å². The van der Waals surface area contributed by atoms with Crippen LogP contribution in [0.25, 0.3) is 0 Å². The van der Waals surface area contributed by atoms with Gasteiger partial charge in [-0.3, -0.25) is 0 Å². The molecule has 2 unspecified atom stereocenters. The van der Waals surface area contributed by atoms with Gasteiger partial charge >= 0.3 is 0 Å². The Morgan fingerprint density at radius 1 is 1.24 bits per heavy atom. The smallest absolute Gasteiger partial charge is 0.0101 e. The van der Waals surface area contributed by atoms with E-state index in [1.807, 2.05) is 0 Å². The highest BCUT2D eigenvalue weighted by atomic mass is 14.6. The largest absolute Gasteiger partial charge is 0.330 e. The van der Waals surface area contributed by atoms with Crippen LogP contribution in [0.15, 0.2) is 24.3 Å². The van der Waals surface area contributed by atoms with Crippen molar-refractivity contribution in [1.29, 1.82) is 0 Å². The van der Waals surface area contributed by atoms with Crippen molar-refractivity contribution in [2.24, 2.45) is 11.7 Å². The molecule has 0 aliphatic heterocycles. The van der Waals surface area contributed by atoms with Crippen molar-refractivity contribution in [2.45, 2.75) is 51.4 Å². The minimum absolute atomic E-state index is 0.236. The Labute approximate surface area is 105 Å². The molecule has 0 heterocycles. The third-order valence-corrected chi connectivity index (χ3v) is 4.66. The molecular weight excluding hydrogens is 206 g/mol. The van der Waals surface area contributed by atoms with E-state index in [-0.39, 0.29) is 10.8 Å². The minimum atomic E-state index is 0.236. The SMILES string of the molecule is CC1CCC1(CN)c1ccc(C(C)(C)C)cc1. The zero-order valence-electron chi connectivity index (χ0n) is 11.6. The van der Waals surface area contributed by atoms with Crippen LogP contribution in [0.1, 0.15) is 51.7 Å². The fourth-order valence-corrected chi connectivity index (χ4v) is 2.93. The van der Waals surface area contributed by atoms with E-state index in [9.17, 15) is 0 Å². The van der Waals surface area contributed by atoms with Gasteiger partial charge in [0, 0.05) is 12.0 Å². The maximum absolute atomic E-state index is 6.02. The van der Waals surface area contributed by atoms with E-state index in [1.165, 1.54) is 24.0 Å². The second-order valence-corrected chi connectivity index (χ2v) is 6.63. The van der Waals surface area contributed by atoms with Crippen LogP contribution in [0.5, 0.6) is 0 Å². The molecule has 1 aliphatic rings. The van der Waals surface area contributed by atoms with Gasteiger partial charge in [-0.05, 0) is 35.3 Å². The third-order valence-electron chi connectivity index (χ3n) is 4.66. The molecule has 1 heteroatoms. The van der Waals surface area contributed by atoms with Crippen LogP contribution < -0.4 is 5.73 Å². The summed E-state index contributed by atoms with van der Waals surface area (Å²) in [5, 5.41) is 0. The average molecular weight is 231 g/mol. The Bertz CT molecular complexity index is 381. The van der Waals surface area contributed by atoms with E-state index >= 15 is 0 Å².